The number of likely N-dealkylation sites (tertiary alicyclic amines) is 1. The van der Waals surface area contributed by atoms with Gasteiger partial charge in [0.2, 0.25) is 0 Å². The highest BCUT2D eigenvalue weighted by atomic mass is 35.5. The van der Waals surface area contributed by atoms with Gasteiger partial charge in [0.1, 0.15) is 6.04 Å². The number of nitrogens with zero attached hydrogens (tertiary/aromatic N) is 1. The molecule has 0 spiro atoms. The van der Waals surface area contributed by atoms with Gasteiger partial charge in [0, 0.05) is 16.4 Å². The number of nitrogens with one attached hydrogen (secondary N) is 2. The summed E-state index contributed by atoms with van der Waals surface area (Å²) < 4.78 is 0. The van der Waals surface area contributed by atoms with Crippen molar-refractivity contribution in [2.75, 3.05) is 6.54 Å². The number of aliphatic hydroxyl groups is 2. The number of hydrogen-bond donors (Lipinski definition) is 4. The number of aliphatic hydroxyl groups excluding tert-OH is 2. The lowest BCUT2D eigenvalue weighted by atomic mass is 10.1. The van der Waals surface area contributed by atoms with Crippen molar-refractivity contribution in [1.82, 2.24) is 10.2 Å². The number of benzene rings is 1. The second kappa shape index (κ2) is 11.5. The molecule has 36 heavy (non-hydrogen) atoms. The van der Waals surface area contributed by atoms with Crippen molar-refractivity contribution in [2.45, 2.75) is 44.1 Å². The first kappa shape index (κ1) is 26.2. The Bertz CT molecular complexity index is 1260. The van der Waals surface area contributed by atoms with Crippen LogP contribution in [0.25, 0.3) is 0 Å². The molecule has 9 nitrogen and oxygen atoms in total. The molecular weight excluding hydrogens is 526 g/mol. The van der Waals surface area contributed by atoms with E-state index >= 15 is 0 Å². The van der Waals surface area contributed by atoms with Crippen molar-refractivity contribution in [3.05, 3.63) is 72.8 Å². The zero-order valence-corrected chi connectivity index (χ0v) is 21.4. The van der Waals surface area contributed by atoms with E-state index in [2.05, 4.69) is 10.3 Å². The van der Waals surface area contributed by atoms with Crippen molar-refractivity contribution in [3.63, 3.8) is 0 Å². The van der Waals surface area contributed by atoms with Gasteiger partial charge in [-0.2, -0.15) is 4.98 Å². The van der Waals surface area contributed by atoms with Crippen LogP contribution in [0.5, 0.6) is 0 Å². The smallest absolute Gasteiger partial charge is 0.402 e. The molecule has 2 aromatic heterocycles. The Kier molecular flexibility index (Phi) is 8.37. The van der Waals surface area contributed by atoms with Crippen molar-refractivity contribution in [3.8, 4) is 0 Å². The summed E-state index contributed by atoms with van der Waals surface area (Å²) in [6.45, 7) is 0.463. The summed E-state index contributed by atoms with van der Waals surface area (Å²) in [6.07, 6.45) is -2.01. The maximum Gasteiger partial charge on any atom is 0.402 e. The number of rotatable bonds is 9. The molecule has 2 amide bonds. The summed E-state index contributed by atoms with van der Waals surface area (Å²) in [7, 11) is 0. The molecule has 1 aliphatic rings. The van der Waals surface area contributed by atoms with E-state index in [0.717, 1.165) is 16.0 Å². The van der Waals surface area contributed by atoms with E-state index in [0.29, 0.717) is 35.8 Å². The predicted molar refractivity (Wildman–Crippen MR) is 134 cm³/mol. The van der Waals surface area contributed by atoms with Gasteiger partial charge in [-0.1, -0.05) is 41.1 Å². The number of aromatic nitrogens is 1. The fourth-order valence-corrected chi connectivity index (χ4v) is 6.09. The van der Waals surface area contributed by atoms with Gasteiger partial charge in [-0.3, -0.25) is 9.59 Å². The lowest BCUT2D eigenvalue weighted by Gasteiger charge is -2.25. The van der Waals surface area contributed by atoms with Crippen LogP contribution in [0.15, 0.2) is 41.1 Å². The first-order valence-electron chi connectivity index (χ1n) is 11.2. The molecule has 1 aliphatic heterocycles. The molecule has 1 saturated heterocycles. The Hall–Kier alpha value is -2.83. The summed E-state index contributed by atoms with van der Waals surface area (Å²) >= 11 is 8.83. The topological polar surface area (TPSA) is 141 Å². The van der Waals surface area contributed by atoms with Gasteiger partial charge < -0.3 is 25.5 Å². The molecule has 1 aromatic carbocycles. The number of carboxylic acids is 1. The number of aromatic amines is 1. The van der Waals surface area contributed by atoms with Crippen molar-refractivity contribution in [2.24, 2.45) is 0 Å². The Morgan fingerprint density at radius 2 is 1.94 bits per heavy atom. The van der Waals surface area contributed by atoms with Crippen LogP contribution in [-0.2, 0) is 22.6 Å². The van der Waals surface area contributed by atoms with Gasteiger partial charge in [-0.05, 0) is 47.9 Å². The van der Waals surface area contributed by atoms with E-state index < -0.39 is 36.0 Å². The number of H-pyrrole nitrogens is 1. The van der Waals surface area contributed by atoms with Crippen LogP contribution in [0.3, 0.4) is 0 Å². The minimum absolute atomic E-state index is 0.0119. The SMILES string of the molecule is O=C(O)c1csc([C@H]2CCCN2C(=O)[C@H](O)[C@@H](O)C(=O)NCc2cc(Cc3ccccc3Cl)cs2)[nH+]1. The minimum atomic E-state index is -1.94. The highest BCUT2D eigenvalue weighted by Gasteiger charge is 2.41. The third-order valence-electron chi connectivity index (χ3n) is 5.95. The van der Waals surface area contributed by atoms with Gasteiger partial charge in [0.25, 0.3) is 22.5 Å². The third kappa shape index (κ3) is 5.93. The minimum Gasteiger partial charge on any atom is -0.473 e. The molecular formula is C24H25ClN3O6S2+. The van der Waals surface area contributed by atoms with Crippen molar-refractivity contribution >= 4 is 52.1 Å². The number of halogens is 1. The molecule has 4 rings (SSSR count). The lowest BCUT2D eigenvalue weighted by Crippen LogP contribution is -2.50. The number of thiazole rings is 1. The third-order valence-corrected chi connectivity index (χ3v) is 8.28. The van der Waals surface area contributed by atoms with Gasteiger partial charge in [-0.25, -0.2) is 4.79 Å². The average molecular weight is 551 g/mol. The van der Waals surface area contributed by atoms with E-state index in [1.165, 1.54) is 33.0 Å². The average Bonchev–Trinajstić information content (AvgIpc) is 3.63. The quantitative estimate of drug-likeness (QED) is 0.322. The second-order valence-corrected chi connectivity index (χ2v) is 10.7. The number of carbonyl (C=O) groups is 3. The summed E-state index contributed by atoms with van der Waals surface area (Å²) in [6, 6.07) is 9.03. The molecule has 3 atom stereocenters. The zero-order valence-electron chi connectivity index (χ0n) is 19.0. The summed E-state index contributed by atoms with van der Waals surface area (Å²) in [4.78, 5) is 41.5. The monoisotopic (exact) mass is 550 g/mol. The summed E-state index contributed by atoms with van der Waals surface area (Å²) in [5.41, 5.74) is 2.03. The zero-order chi connectivity index (χ0) is 25.8. The van der Waals surface area contributed by atoms with Crippen LogP contribution >= 0.6 is 34.3 Å². The Labute approximate surface area is 220 Å². The van der Waals surface area contributed by atoms with E-state index in [9.17, 15) is 24.6 Å². The Morgan fingerprint density at radius 1 is 1.17 bits per heavy atom. The van der Waals surface area contributed by atoms with E-state index in [1.807, 2.05) is 35.7 Å². The molecule has 0 radical (unpaired) electrons. The van der Waals surface area contributed by atoms with Crippen molar-refractivity contribution < 1.29 is 34.7 Å². The molecule has 0 saturated carbocycles. The predicted octanol–water partition coefficient (Wildman–Crippen LogP) is 2.27. The van der Waals surface area contributed by atoms with Crippen LogP contribution in [0, 0.1) is 0 Å². The maximum absolute atomic E-state index is 12.9. The van der Waals surface area contributed by atoms with Crippen LogP contribution in [0.2, 0.25) is 5.02 Å². The van der Waals surface area contributed by atoms with Crippen LogP contribution in [0.4, 0.5) is 0 Å². The number of thiophene rings is 1. The molecule has 0 aliphatic carbocycles. The largest absolute Gasteiger partial charge is 0.473 e. The standard InChI is InChI=1S/C24H24ClN3O6S2/c25-16-5-2-1-4-14(16)8-13-9-15(35-11-13)10-26-21(31)19(29)20(30)23(32)28-7-3-6-18(28)22-27-17(12-36-22)24(33)34/h1-2,4-5,9,11-12,18-20,29-30H,3,6-8,10H2,(H,26,31)(H,33,34)/p+1/t18-,19-,20-/m1/s1. The first-order valence-corrected chi connectivity index (χ1v) is 13.4. The first-order chi connectivity index (χ1) is 17.2. The van der Waals surface area contributed by atoms with E-state index in [-0.39, 0.29) is 12.2 Å². The molecule has 12 heteroatoms. The second-order valence-electron chi connectivity index (χ2n) is 8.43. The normalized spacial score (nSPS) is 17.1. The Balaban J connectivity index is 1.32. The summed E-state index contributed by atoms with van der Waals surface area (Å²) in [5, 5.41) is 37.2. The number of aromatic carboxylic acids is 1. The van der Waals surface area contributed by atoms with Crippen LogP contribution < -0.4 is 10.3 Å². The number of amides is 2. The molecule has 3 aromatic rings. The molecule has 190 valence electrons. The van der Waals surface area contributed by atoms with Gasteiger partial charge in [-0.15, -0.1) is 11.3 Å². The van der Waals surface area contributed by atoms with Gasteiger partial charge in [0.15, 0.2) is 12.2 Å². The molecule has 0 bridgehead atoms. The number of hydrogen-bond acceptors (Lipinski definition) is 7. The van der Waals surface area contributed by atoms with Gasteiger partial charge in [0.05, 0.1) is 11.9 Å². The van der Waals surface area contributed by atoms with E-state index in [4.69, 9.17) is 16.7 Å². The highest BCUT2D eigenvalue weighted by molar-refractivity contribution is 7.10. The summed E-state index contributed by atoms with van der Waals surface area (Å²) in [5.74, 6) is -2.75. The lowest BCUT2D eigenvalue weighted by molar-refractivity contribution is -0.392. The number of carbonyl (C=O) groups excluding carboxylic acids is 2. The van der Waals surface area contributed by atoms with Crippen LogP contribution in [-0.4, -0.2) is 56.8 Å². The Morgan fingerprint density at radius 3 is 2.67 bits per heavy atom. The molecule has 1 fully saturated rings. The molecule has 5 N–H and O–H groups in total. The highest BCUT2D eigenvalue weighted by Crippen LogP contribution is 2.33. The molecule has 3 heterocycles. The van der Waals surface area contributed by atoms with Gasteiger partial charge >= 0.3 is 5.97 Å². The van der Waals surface area contributed by atoms with E-state index in [1.54, 1.807) is 0 Å². The fraction of sp³-hybridized carbons (Fsp3) is 0.333. The van der Waals surface area contributed by atoms with Crippen LogP contribution in [0.1, 0.15) is 50.4 Å². The molecule has 0 unspecified atom stereocenters. The maximum atomic E-state index is 12.9. The fourth-order valence-electron chi connectivity index (χ4n) is 4.08. The number of carboxylic acid groups (broad SMARTS) is 1. The van der Waals surface area contributed by atoms with Crippen molar-refractivity contribution in [1.29, 1.82) is 0 Å².